The fourth-order valence-corrected chi connectivity index (χ4v) is 4.81. The molecule has 2 aliphatic rings. The van der Waals surface area contributed by atoms with E-state index < -0.39 is 0 Å². The van der Waals surface area contributed by atoms with Gasteiger partial charge in [0.15, 0.2) is 5.13 Å². The third-order valence-electron chi connectivity index (χ3n) is 4.42. The van der Waals surface area contributed by atoms with E-state index in [2.05, 4.69) is 31.0 Å². The number of anilines is 1. The Morgan fingerprint density at radius 3 is 2.95 bits per heavy atom. The van der Waals surface area contributed by atoms with Gasteiger partial charge in [0, 0.05) is 17.5 Å². The van der Waals surface area contributed by atoms with Crippen LogP contribution in [-0.2, 0) is 6.42 Å². The topological polar surface area (TPSA) is 28.2 Å². The van der Waals surface area contributed by atoms with Crippen molar-refractivity contribution in [1.82, 2.24) is 10.3 Å². The summed E-state index contributed by atoms with van der Waals surface area (Å²) in [5.74, 6) is 0.806. The Morgan fingerprint density at radius 2 is 2.26 bits per heavy atom. The first-order chi connectivity index (χ1) is 9.19. The molecule has 3 rings (SSSR count). The Hall–Kier alpha value is -0.610. The van der Waals surface area contributed by atoms with Gasteiger partial charge in [0.1, 0.15) is 0 Å². The molecule has 0 bridgehead atoms. The molecule has 2 heterocycles. The van der Waals surface area contributed by atoms with E-state index in [0.29, 0.717) is 12.1 Å². The van der Waals surface area contributed by atoms with Crippen molar-refractivity contribution in [3.8, 4) is 0 Å². The highest BCUT2D eigenvalue weighted by atomic mass is 32.1. The van der Waals surface area contributed by atoms with Crippen molar-refractivity contribution >= 4 is 16.5 Å². The Bertz CT molecular complexity index is 443. The maximum Gasteiger partial charge on any atom is 0.186 e. The summed E-state index contributed by atoms with van der Waals surface area (Å²) >= 11 is 1.94. The Kier molecular flexibility index (Phi) is 3.81. The number of rotatable bonds is 3. The zero-order chi connectivity index (χ0) is 13.4. The third-order valence-corrected chi connectivity index (χ3v) is 5.59. The molecule has 0 radical (unpaired) electrons. The van der Waals surface area contributed by atoms with E-state index in [1.807, 2.05) is 11.3 Å². The van der Waals surface area contributed by atoms with Gasteiger partial charge in [-0.1, -0.05) is 13.8 Å². The van der Waals surface area contributed by atoms with Crippen LogP contribution in [0.25, 0.3) is 0 Å². The average molecular weight is 279 g/mol. The average Bonchev–Trinajstić information content (AvgIpc) is 2.93. The third kappa shape index (κ3) is 2.52. The minimum atomic E-state index is 0.495. The van der Waals surface area contributed by atoms with Gasteiger partial charge in [-0.05, 0) is 45.1 Å². The van der Waals surface area contributed by atoms with Gasteiger partial charge in [0.25, 0.3) is 0 Å². The van der Waals surface area contributed by atoms with E-state index in [0.717, 1.165) is 12.5 Å². The van der Waals surface area contributed by atoms with Gasteiger partial charge < -0.3 is 10.2 Å². The lowest BCUT2D eigenvalue weighted by Gasteiger charge is -2.21. The number of nitrogens with zero attached hydrogens (tertiary/aromatic N) is 2. The maximum atomic E-state index is 5.00. The first kappa shape index (κ1) is 13.4. The molecule has 19 heavy (non-hydrogen) atoms. The van der Waals surface area contributed by atoms with Crippen molar-refractivity contribution in [2.24, 2.45) is 5.92 Å². The summed E-state index contributed by atoms with van der Waals surface area (Å²) in [7, 11) is 0. The minimum Gasteiger partial charge on any atom is -0.345 e. The molecule has 3 atom stereocenters. The van der Waals surface area contributed by atoms with Gasteiger partial charge in [-0.2, -0.15) is 0 Å². The fraction of sp³-hybridized carbons (Fsp3) is 0.800. The molecule has 0 saturated carbocycles. The molecule has 1 saturated heterocycles. The van der Waals surface area contributed by atoms with Crippen LogP contribution in [0.4, 0.5) is 5.13 Å². The highest BCUT2D eigenvalue weighted by Gasteiger charge is 2.31. The number of nitrogens with one attached hydrogen (secondary N) is 1. The number of hydrogen-bond donors (Lipinski definition) is 1. The predicted octanol–water partition coefficient (Wildman–Crippen LogP) is 3.36. The second-order valence-electron chi connectivity index (χ2n) is 6.15. The van der Waals surface area contributed by atoms with Crippen LogP contribution >= 0.6 is 11.3 Å². The second kappa shape index (κ2) is 5.41. The number of hydrogen-bond acceptors (Lipinski definition) is 4. The lowest BCUT2D eigenvalue weighted by atomic mass is 9.98. The Labute approximate surface area is 120 Å². The van der Waals surface area contributed by atoms with Crippen LogP contribution < -0.4 is 10.2 Å². The Morgan fingerprint density at radius 1 is 1.42 bits per heavy atom. The predicted molar refractivity (Wildman–Crippen MR) is 82.1 cm³/mol. The summed E-state index contributed by atoms with van der Waals surface area (Å²) in [6, 6.07) is 1.15. The van der Waals surface area contributed by atoms with Gasteiger partial charge in [-0.3, -0.25) is 0 Å². The summed E-state index contributed by atoms with van der Waals surface area (Å²) in [6.45, 7) is 9.09. The molecule has 1 N–H and O–H groups in total. The van der Waals surface area contributed by atoms with E-state index in [1.54, 1.807) is 0 Å². The van der Waals surface area contributed by atoms with Crippen molar-refractivity contribution < 1.29 is 0 Å². The molecule has 1 aliphatic carbocycles. The van der Waals surface area contributed by atoms with E-state index in [4.69, 9.17) is 4.98 Å². The van der Waals surface area contributed by atoms with Crippen molar-refractivity contribution in [3.63, 3.8) is 0 Å². The largest absolute Gasteiger partial charge is 0.345 e. The molecule has 4 heteroatoms. The first-order valence-corrected chi connectivity index (χ1v) is 8.50. The standard InChI is InChI=1S/C15H25N3S/c1-4-16-12-6-5-7-13-14(12)17-15(19-13)18-9-10(2)8-11(18)3/h10-12,16H,4-9H2,1-3H3. The Balaban J connectivity index is 1.85. The summed E-state index contributed by atoms with van der Waals surface area (Å²) in [5.41, 5.74) is 1.35. The number of aryl methyl sites for hydroxylation is 1. The van der Waals surface area contributed by atoms with E-state index in [9.17, 15) is 0 Å². The number of aromatic nitrogens is 1. The first-order valence-electron chi connectivity index (χ1n) is 7.68. The van der Waals surface area contributed by atoms with E-state index in [-0.39, 0.29) is 0 Å². The van der Waals surface area contributed by atoms with E-state index in [1.165, 1.54) is 47.9 Å². The molecule has 1 fully saturated rings. The van der Waals surface area contributed by atoms with Crippen LogP contribution in [0.1, 0.15) is 56.6 Å². The second-order valence-corrected chi connectivity index (χ2v) is 7.21. The van der Waals surface area contributed by atoms with Gasteiger partial charge in [-0.15, -0.1) is 11.3 Å². The van der Waals surface area contributed by atoms with Gasteiger partial charge >= 0.3 is 0 Å². The summed E-state index contributed by atoms with van der Waals surface area (Å²) in [4.78, 5) is 9.05. The van der Waals surface area contributed by atoms with Gasteiger partial charge in [0.05, 0.1) is 11.7 Å². The van der Waals surface area contributed by atoms with Crippen LogP contribution in [0.5, 0.6) is 0 Å². The molecule has 1 aromatic heterocycles. The van der Waals surface area contributed by atoms with Crippen LogP contribution in [0.3, 0.4) is 0 Å². The van der Waals surface area contributed by atoms with Crippen LogP contribution in [0, 0.1) is 5.92 Å². The van der Waals surface area contributed by atoms with Crippen LogP contribution in [-0.4, -0.2) is 24.1 Å². The molecule has 1 aliphatic heterocycles. The molecule has 0 spiro atoms. The highest BCUT2D eigenvalue weighted by molar-refractivity contribution is 7.15. The zero-order valence-electron chi connectivity index (χ0n) is 12.3. The molecule has 106 valence electrons. The molecule has 3 unspecified atom stereocenters. The lowest BCUT2D eigenvalue weighted by molar-refractivity contribution is 0.465. The minimum absolute atomic E-state index is 0.495. The van der Waals surface area contributed by atoms with E-state index >= 15 is 0 Å². The maximum absolute atomic E-state index is 5.00. The quantitative estimate of drug-likeness (QED) is 0.919. The van der Waals surface area contributed by atoms with Crippen molar-refractivity contribution in [2.75, 3.05) is 18.0 Å². The number of thiazole rings is 1. The molecule has 0 amide bonds. The van der Waals surface area contributed by atoms with Crippen LogP contribution in [0.15, 0.2) is 0 Å². The summed E-state index contributed by atoms with van der Waals surface area (Å²) in [6.07, 6.45) is 5.09. The van der Waals surface area contributed by atoms with Crippen molar-refractivity contribution in [3.05, 3.63) is 10.6 Å². The summed E-state index contributed by atoms with van der Waals surface area (Å²) < 4.78 is 0. The fourth-order valence-electron chi connectivity index (χ4n) is 3.54. The molecular weight excluding hydrogens is 254 g/mol. The normalized spacial score (nSPS) is 30.7. The van der Waals surface area contributed by atoms with Gasteiger partial charge in [-0.25, -0.2) is 4.98 Å². The molecule has 1 aromatic rings. The highest BCUT2D eigenvalue weighted by Crippen LogP contribution is 2.39. The van der Waals surface area contributed by atoms with Crippen molar-refractivity contribution in [1.29, 1.82) is 0 Å². The van der Waals surface area contributed by atoms with Gasteiger partial charge in [0.2, 0.25) is 0 Å². The molecule has 3 nitrogen and oxygen atoms in total. The zero-order valence-corrected chi connectivity index (χ0v) is 13.1. The monoisotopic (exact) mass is 279 g/mol. The van der Waals surface area contributed by atoms with Crippen LogP contribution in [0.2, 0.25) is 0 Å². The van der Waals surface area contributed by atoms with Crippen molar-refractivity contribution in [2.45, 2.75) is 58.5 Å². The summed E-state index contributed by atoms with van der Waals surface area (Å²) in [5, 5.41) is 4.86. The smallest absolute Gasteiger partial charge is 0.186 e. The molecular formula is C15H25N3S. The molecule has 0 aromatic carbocycles. The number of fused-ring (bicyclic) bond motifs is 1. The SMILES string of the molecule is CCNC1CCCc2sc(N3CC(C)CC3C)nc21. The lowest BCUT2D eigenvalue weighted by Crippen LogP contribution is -2.27.